The van der Waals surface area contributed by atoms with Gasteiger partial charge in [-0.25, -0.2) is 8.42 Å². The van der Waals surface area contributed by atoms with Crippen molar-refractivity contribution in [2.45, 2.75) is 64.1 Å². The molecule has 0 aliphatic carbocycles. The zero-order chi connectivity index (χ0) is 16.9. The number of sulfone groups is 1. The van der Waals surface area contributed by atoms with Crippen molar-refractivity contribution in [1.29, 1.82) is 0 Å². The first-order valence-corrected chi connectivity index (χ1v) is 10.5. The maximum atomic E-state index is 12.2. The molecule has 132 valence electrons. The first-order chi connectivity index (χ1) is 10.9. The highest BCUT2D eigenvalue weighted by atomic mass is 32.2. The van der Waals surface area contributed by atoms with E-state index >= 15 is 0 Å². The van der Waals surface area contributed by atoms with Gasteiger partial charge >= 0.3 is 5.97 Å². The van der Waals surface area contributed by atoms with Gasteiger partial charge in [-0.15, -0.1) is 0 Å². The molecule has 5 nitrogen and oxygen atoms in total. The molecule has 2 saturated heterocycles. The number of ether oxygens (including phenoxy) is 1. The molecular formula is C17H28O5S. The Morgan fingerprint density at radius 1 is 1.22 bits per heavy atom. The van der Waals surface area contributed by atoms with Gasteiger partial charge in [0.05, 0.1) is 18.0 Å². The maximum absolute atomic E-state index is 12.2. The monoisotopic (exact) mass is 344 g/mol. The topological polar surface area (TPSA) is 80.7 Å². The highest BCUT2D eigenvalue weighted by molar-refractivity contribution is 7.91. The van der Waals surface area contributed by atoms with Gasteiger partial charge in [0.2, 0.25) is 0 Å². The zero-order valence-corrected chi connectivity index (χ0v) is 14.6. The molecule has 0 radical (unpaired) electrons. The summed E-state index contributed by atoms with van der Waals surface area (Å²) in [5, 5.41) is 8.60. The first-order valence-electron chi connectivity index (χ1n) is 8.65. The van der Waals surface area contributed by atoms with Crippen LogP contribution in [0.1, 0.15) is 51.9 Å². The van der Waals surface area contributed by atoms with Crippen LogP contribution in [0.2, 0.25) is 0 Å². The van der Waals surface area contributed by atoms with Gasteiger partial charge in [0.25, 0.3) is 0 Å². The Bertz CT molecular complexity index is 525. The minimum atomic E-state index is -2.99. The molecule has 0 aromatic rings. The number of carboxylic acid groups (broad SMARTS) is 1. The summed E-state index contributed by atoms with van der Waals surface area (Å²) in [4.78, 5) is 10.5. The lowest BCUT2D eigenvalue weighted by molar-refractivity contribution is -0.137. The maximum Gasteiger partial charge on any atom is 0.303 e. The van der Waals surface area contributed by atoms with Gasteiger partial charge in [-0.1, -0.05) is 19.1 Å². The second-order valence-corrected chi connectivity index (χ2v) is 8.95. The summed E-state index contributed by atoms with van der Waals surface area (Å²) >= 11 is 0. The van der Waals surface area contributed by atoms with Crippen molar-refractivity contribution in [2.75, 3.05) is 11.5 Å². The third-order valence-corrected chi connectivity index (χ3v) is 6.81. The Labute approximate surface area is 139 Å². The number of allylic oxidation sites excluding steroid dienone is 2. The second-order valence-electron chi connectivity index (χ2n) is 6.73. The largest absolute Gasteiger partial charge is 0.481 e. The summed E-state index contributed by atoms with van der Waals surface area (Å²) in [6, 6.07) is 0. The average molecular weight is 344 g/mol. The average Bonchev–Trinajstić information content (AvgIpc) is 3.04. The number of carboxylic acids is 1. The molecule has 4 atom stereocenters. The highest BCUT2D eigenvalue weighted by Gasteiger charge is 2.49. The van der Waals surface area contributed by atoms with Crippen molar-refractivity contribution in [1.82, 2.24) is 0 Å². The van der Waals surface area contributed by atoms with Gasteiger partial charge in [0, 0.05) is 18.1 Å². The van der Waals surface area contributed by atoms with E-state index in [-0.39, 0.29) is 42.0 Å². The summed E-state index contributed by atoms with van der Waals surface area (Å²) in [6.07, 6.45) is 9.52. The van der Waals surface area contributed by atoms with Crippen LogP contribution >= 0.6 is 0 Å². The van der Waals surface area contributed by atoms with Gasteiger partial charge in [-0.2, -0.15) is 0 Å². The van der Waals surface area contributed by atoms with Gasteiger partial charge in [-0.3, -0.25) is 4.79 Å². The van der Waals surface area contributed by atoms with E-state index in [4.69, 9.17) is 9.84 Å². The number of carbonyl (C=O) groups is 1. The summed E-state index contributed by atoms with van der Waals surface area (Å²) in [5.41, 5.74) is 0. The number of hydrogen-bond acceptors (Lipinski definition) is 4. The Hall–Kier alpha value is -0.880. The molecular weight excluding hydrogens is 316 g/mol. The van der Waals surface area contributed by atoms with E-state index < -0.39 is 15.8 Å². The normalized spacial score (nSPS) is 30.3. The van der Waals surface area contributed by atoms with E-state index in [1.165, 1.54) is 0 Å². The van der Waals surface area contributed by atoms with Gasteiger partial charge in [0.1, 0.15) is 0 Å². The summed E-state index contributed by atoms with van der Waals surface area (Å²) in [6.45, 7) is 1.90. The van der Waals surface area contributed by atoms with Crippen molar-refractivity contribution in [2.24, 2.45) is 11.8 Å². The van der Waals surface area contributed by atoms with Crippen LogP contribution < -0.4 is 0 Å². The van der Waals surface area contributed by atoms with E-state index in [1.54, 1.807) is 0 Å². The van der Waals surface area contributed by atoms with Crippen LogP contribution in [0.25, 0.3) is 0 Å². The molecule has 2 heterocycles. The van der Waals surface area contributed by atoms with Crippen molar-refractivity contribution in [3.05, 3.63) is 12.2 Å². The van der Waals surface area contributed by atoms with Crippen molar-refractivity contribution in [3.8, 4) is 0 Å². The molecule has 2 aliphatic heterocycles. The van der Waals surface area contributed by atoms with Crippen LogP contribution in [0.5, 0.6) is 0 Å². The molecule has 2 rings (SSSR count). The SMILES string of the molecule is CCCS(=O)(=O)C[C@H]1[C@@H](C/C=C\CCCC(=O)O)[C@H]2CC[C@@H]1O2. The van der Waals surface area contributed by atoms with E-state index in [1.807, 2.05) is 13.0 Å². The molecule has 2 fully saturated rings. The molecule has 0 aromatic carbocycles. The minimum absolute atomic E-state index is 0.108. The molecule has 1 N–H and O–H groups in total. The minimum Gasteiger partial charge on any atom is -0.481 e. The predicted octanol–water partition coefficient (Wildman–Crippen LogP) is 2.81. The highest BCUT2D eigenvalue weighted by Crippen LogP contribution is 2.45. The number of unbranched alkanes of at least 4 members (excludes halogenated alkanes) is 1. The lowest BCUT2D eigenvalue weighted by atomic mass is 9.78. The fraction of sp³-hybridized carbons (Fsp3) is 0.824. The quantitative estimate of drug-likeness (QED) is 0.487. The van der Waals surface area contributed by atoms with Crippen molar-refractivity contribution >= 4 is 15.8 Å². The fourth-order valence-electron chi connectivity index (χ4n) is 3.86. The second kappa shape index (κ2) is 8.29. The van der Waals surface area contributed by atoms with Crippen molar-refractivity contribution < 1.29 is 23.1 Å². The van der Waals surface area contributed by atoms with Crippen LogP contribution in [0, 0.1) is 11.8 Å². The lowest BCUT2D eigenvalue weighted by Crippen LogP contribution is -2.33. The third kappa shape index (κ3) is 5.31. The van der Waals surface area contributed by atoms with E-state index in [0.717, 1.165) is 25.7 Å². The van der Waals surface area contributed by atoms with E-state index in [2.05, 4.69) is 6.08 Å². The third-order valence-electron chi connectivity index (χ3n) is 4.89. The summed E-state index contributed by atoms with van der Waals surface area (Å²) in [5.74, 6) is 0.157. The van der Waals surface area contributed by atoms with Crippen molar-refractivity contribution in [3.63, 3.8) is 0 Å². The van der Waals surface area contributed by atoms with Crippen LogP contribution in [-0.2, 0) is 19.4 Å². The molecule has 0 spiro atoms. The number of fused-ring (bicyclic) bond motifs is 2. The molecule has 0 unspecified atom stereocenters. The molecule has 0 saturated carbocycles. The molecule has 0 aromatic heterocycles. The first kappa shape index (κ1) is 18.5. The predicted molar refractivity (Wildman–Crippen MR) is 89.1 cm³/mol. The number of aliphatic carboxylic acids is 1. The smallest absolute Gasteiger partial charge is 0.303 e. The Balaban J connectivity index is 1.86. The molecule has 2 aliphatic rings. The Morgan fingerprint density at radius 3 is 2.57 bits per heavy atom. The fourth-order valence-corrected chi connectivity index (χ4v) is 5.69. The van der Waals surface area contributed by atoms with Gasteiger partial charge in [-0.05, 0) is 44.4 Å². The molecule has 0 amide bonds. The van der Waals surface area contributed by atoms with Gasteiger partial charge in [0.15, 0.2) is 9.84 Å². The van der Waals surface area contributed by atoms with Crippen LogP contribution in [0.4, 0.5) is 0 Å². The Kier molecular flexibility index (Phi) is 6.65. The van der Waals surface area contributed by atoms with E-state index in [0.29, 0.717) is 12.8 Å². The van der Waals surface area contributed by atoms with Crippen LogP contribution in [-0.4, -0.2) is 43.2 Å². The lowest BCUT2D eigenvalue weighted by Gasteiger charge is -2.27. The Morgan fingerprint density at radius 2 is 1.91 bits per heavy atom. The molecule has 23 heavy (non-hydrogen) atoms. The number of rotatable bonds is 10. The summed E-state index contributed by atoms with van der Waals surface area (Å²) in [7, 11) is -2.99. The number of hydrogen-bond donors (Lipinski definition) is 1. The summed E-state index contributed by atoms with van der Waals surface area (Å²) < 4.78 is 30.3. The zero-order valence-electron chi connectivity index (χ0n) is 13.8. The van der Waals surface area contributed by atoms with Gasteiger partial charge < -0.3 is 9.84 Å². The van der Waals surface area contributed by atoms with Crippen LogP contribution in [0.15, 0.2) is 12.2 Å². The van der Waals surface area contributed by atoms with E-state index in [9.17, 15) is 13.2 Å². The molecule has 2 bridgehead atoms. The molecule has 6 heteroatoms. The van der Waals surface area contributed by atoms with Crippen LogP contribution in [0.3, 0.4) is 0 Å². The standard InChI is InChI=1S/C17H28O5S/c1-2-11-23(20,21)12-14-13(15-9-10-16(14)22-15)7-5-3-4-6-8-17(18)19/h3,5,13-16H,2,4,6-12H2,1H3,(H,18,19)/b5-3-/t13-,14+,15-,16+/m1/s1.